The number of likely N-dealkylation sites (N-methyl/N-ethyl adjacent to an activating group) is 1. The van der Waals surface area contributed by atoms with Crippen molar-refractivity contribution in [3.63, 3.8) is 0 Å². The summed E-state index contributed by atoms with van der Waals surface area (Å²) in [6, 6.07) is 1.25. The van der Waals surface area contributed by atoms with Crippen LogP contribution in [-0.2, 0) is 0 Å². The number of nitrogens with zero attached hydrogens (tertiary/aromatic N) is 2. The first-order valence-electron chi connectivity index (χ1n) is 7.47. The van der Waals surface area contributed by atoms with Crippen LogP contribution in [0.3, 0.4) is 0 Å². The Morgan fingerprint density at radius 3 is 2.11 bits per heavy atom. The summed E-state index contributed by atoms with van der Waals surface area (Å²) in [7, 11) is 2.24. The van der Waals surface area contributed by atoms with Crippen LogP contribution in [0, 0.1) is 5.92 Å². The molecule has 1 aliphatic rings. The second-order valence-electron chi connectivity index (χ2n) is 6.90. The van der Waals surface area contributed by atoms with Crippen LogP contribution in [-0.4, -0.2) is 54.1 Å². The highest BCUT2D eigenvalue weighted by molar-refractivity contribution is 4.94. The fraction of sp³-hybridized carbons (Fsp3) is 1.00. The standard InChI is InChI=1S/C15H33N3/c1-12(2)7-8-15(5,11-16)18-9-13(3)17(6)14(4)10-18/h12-14H,7-11,16H2,1-6H3. The summed E-state index contributed by atoms with van der Waals surface area (Å²) in [5.41, 5.74) is 6.27. The lowest BCUT2D eigenvalue weighted by molar-refractivity contribution is -0.00763. The van der Waals surface area contributed by atoms with Crippen molar-refractivity contribution in [3.8, 4) is 0 Å². The van der Waals surface area contributed by atoms with Gasteiger partial charge in [-0.05, 0) is 46.6 Å². The Kier molecular flexibility index (Phi) is 5.63. The van der Waals surface area contributed by atoms with Crippen molar-refractivity contribution >= 4 is 0 Å². The minimum atomic E-state index is 0.175. The van der Waals surface area contributed by atoms with Gasteiger partial charge in [0.1, 0.15) is 0 Å². The third kappa shape index (κ3) is 3.69. The number of nitrogens with two attached hydrogens (primary N) is 1. The normalized spacial score (nSPS) is 30.7. The Morgan fingerprint density at radius 2 is 1.72 bits per heavy atom. The van der Waals surface area contributed by atoms with Crippen molar-refractivity contribution in [1.82, 2.24) is 9.80 Å². The summed E-state index contributed by atoms with van der Waals surface area (Å²) in [6.45, 7) is 14.6. The molecule has 3 unspecified atom stereocenters. The maximum atomic E-state index is 6.09. The zero-order valence-corrected chi connectivity index (χ0v) is 13.2. The van der Waals surface area contributed by atoms with E-state index in [2.05, 4.69) is 51.5 Å². The predicted octanol–water partition coefficient (Wildman–Crippen LogP) is 2.16. The maximum Gasteiger partial charge on any atom is 0.0305 e. The van der Waals surface area contributed by atoms with Gasteiger partial charge in [-0.25, -0.2) is 0 Å². The number of rotatable bonds is 5. The van der Waals surface area contributed by atoms with Gasteiger partial charge in [-0.3, -0.25) is 9.80 Å². The van der Waals surface area contributed by atoms with Crippen molar-refractivity contribution in [1.29, 1.82) is 0 Å². The molecule has 18 heavy (non-hydrogen) atoms. The summed E-state index contributed by atoms with van der Waals surface area (Å²) in [4.78, 5) is 5.11. The molecule has 1 heterocycles. The van der Waals surface area contributed by atoms with E-state index in [1.165, 1.54) is 12.8 Å². The van der Waals surface area contributed by atoms with Crippen molar-refractivity contribution in [2.75, 3.05) is 26.7 Å². The zero-order chi connectivity index (χ0) is 13.9. The minimum Gasteiger partial charge on any atom is -0.329 e. The first-order valence-corrected chi connectivity index (χ1v) is 7.47. The number of hydrogen-bond acceptors (Lipinski definition) is 3. The molecule has 0 spiro atoms. The smallest absolute Gasteiger partial charge is 0.0305 e. The van der Waals surface area contributed by atoms with E-state index in [9.17, 15) is 0 Å². The average molecular weight is 255 g/mol. The summed E-state index contributed by atoms with van der Waals surface area (Å²) in [5.74, 6) is 0.762. The molecule has 0 aromatic carbocycles. The maximum absolute atomic E-state index is 6.09. The highest BCUT2D eigenvalue weighted by Gasteiger charge is 2.36. The lowest BCUT2D eigenvalue weighted by Gasteiger charge is -2.50. The quantitative estimate of drug-likeness (QED) is 0.817. The van der Waals surface area contributed by atoms with Gasteiger partial charge in [0.15, 0.2) is 0 Å². The van der Waals surface area contributed by atoms with Gasteiger partial charge in [0.25, 0.3) is 0 Å². The molecule has 0 aliphatic carbocycles. The Balaban J connectivity index is 2.69. The molecule has 0 saturated carbocycles. The summed E-state index contributed by atoms with van der Waals surface area (Å²) in [5, 5.41) is 0. The van der Waals surface area contributed by atoms with E-state index in [1.54, 1.807) is 0 Å². The van der Waals surface area contributed by atoms with Crippen molar-refractivity contribution < 1.29 is 0 Å². The molecule has 0 aromatic heterocycles. The van der Waals surface area contributed by atoms with E-state index in [0.717, 1.165) is 25.6 Å². The molecule has 3 nitrogen and oxygen atoms in total. The van der Waals surface area contributed by atoms with E-state index < -0.39 is 0 Å². The molecule has 108 valence electrons. The van der Waals surface area contributed by atoms with E-state index in [-0.39, 0.29) is 5.54 Å². The Morgan fingerprint density at radius 1 is 1.22 bits per heavy atom. The van der Waals surface area contributed by atoms with Crippen LogP contribution in [0.1, 0.15) is 47.5 Å². The zero-order valence-electron chi connectivity index (χ0n) is 13.2. The van der Waals surface area contributed by atoms with Crippen LogP contribution in [0.5, 0.6) is 0 Å². The van der Waals surface area contributed by atoms with Gasteiger partial charge in [-0.15, -0.1) is 0 Å². The minimum absolute atomic E-state index is 0.175. The summed E-state index contributed by atoms with van der Waals surface area (Å²) >= 11 is 0. The second-order valence-corrected chi connectivity index (χ2v) is 6.90. The molecule has 1 aliphatic heterocycles. The van der Waals surface area contributed by atoms with Gasteiger partial charge in [0, 0.05) is 37.3 Å². The summed E-state index contributed by atoms with van der Waals surface area (Å²) < 4.78 is 0. The Labute approximate surface area is 114 Å². The molecule has 3 atom stereocenters. The molecule has 2 N–H and O–H groups in total. The van der Waals surface area contributed by atoms with Crippen LogP contribution in [0.2, 0.25) is 0 Å². The lowest BCUT2D eigenvalue weighted by Crippen LogP contribution is -2.63. The second kappa shape index (κ2) is 6.36. The van der Waals surface area contributed by atoms with Crippen LogP contribution in [0.25, 0.3) is 0 Å². The molecule has 0 amide bonds. The van der Waals surface area contributed by atoms with Crippen molar-refractivity contribution in [2.24, 2.45) is 11.7 Å². The molecule has 3 heteroatoms. The van der Waals surface area contributed by atoms with E-state index >= 15 is 0 Å². The molecule has 0 aromatic rings. The van der Waals surface area contributed by atoms with Gasteiger partial charge in [-0.1, -0.05) is 13.8 Å². The molecule has 0 radical (unpaired) electrons. The monoisotopic (exact) mass is 255 g/mol. The molecule has 0 bridgehead atoms. The topological polar surface area (TPSA) is 32.5 Å². The van der Waals surface area contributed by atoms with Crippen LogP contribution < -0.4 is 5.73 Å². The fourth-order valence-corrected chi connectivity index (χ4v) is 2.83. The van der Waals surface area contributed by atoms with Crippen molar-refractivity contribution in [3.05, 3.63) is 0 Å². The van der Waals surface area contributed by atoms with Gasteiger partial charge >= 0.3 is 0 Å². The van der Waals surface area contributed by atoms with Gasteiger partial charge in [0.05, 0.1) is 0 Å². The lowest BCUT2D eigenvalue weighted by atomic mass is 9.88. The van der Waals surface area contributed by atoms with Crippen LogP contribution in [0.15, 0.2) is 0 Å². The van der Waals surface area contributed by atoms with Crippen LogP contribution >= 0.6 is 0 Å². The van der Waals surface area contributed by atoms with E-state index in [4.69, 9.17) is 5.73 Å². The average Bonchev–Trinajstić information content (AvgIpc) is 2.32. The Bertz CT molecular complexity index is 242. The van der Waals surface area contributed by atoms with E-state index in [0.29, 0.717) is 12.1 Å². The van der Waals surface area contributed by atoms with Gasteiger partial charge < -0.3 is 5.73 Å². The molecule has 1 rings (SSSR count). The van der Waals surface area contributed by atoms with Crippen molar-refractivity contribution in [2.45, 2.75) is 65.1 Å². The molecule has 1 fully saturated rings. The highest BCUT2D eigenvalue weighted by Crippen LogP contribution is 2.27. The SMILES string of the molecule is CC(C)CCC(C)(CN)N1CC(C)N(C)C(C)C1. The van der Waals surface area contributed by atoms with Gasteiger partial charge in [-0.2, -0.15) is 0 Å². The third-order valence-corrected chi connectivity index (χ3v) is 4.82. The first kappa shape index (κ1) is 15.9. The van der Waals surface area contributed by atoms with E-state index in [1.807, 2.05) is 0 Å². The molecular weight excluding hydrogens is 222 g/mol. The first-order chi connectivity index (χ1) is 8.30. The van der Waals surface area contributed by atoms with Crippen LogP contribution in [0.4, 0.5) is 0 Å². The fourth-order valence-electron chi connectivity index (χ4n) is 2.83. The van der Waals surface area contributed by atoms with Gasteiger partial charge in [0.2, 0.25) is 0 Å². The third-order valence-electron chi connectivity index (χ3n) is 4.82. The summed E-state index contributed by atoms with van der Waals surface area (Å²) in [6.07, 6.45) is 2.48. The predicted molar refractivity (Wildman–Crippen MR) is 79.8 cm³/mol. The Hall–Kier alpha value is -0.120. The largest absolute Gasteiger partial charge is 0.329 e. The molecule has 1 saturated heterocycles. The molecular formula is C15H33N3. The number of hydrogen-bond donors (Lipinski definition) is 1. The highest BCUT2D eigenvalue weighted by atomic mass is 15.3. The number of piperazine rings is 1.